The molecule has 1 saturated heterocycles. The summed E-state index contributed by atoms with van der Waals surface area (Å²) < 4.78 is 17.9. The summed E-state index contributed by atoms with van der Waals surface area (Å²) in [5, 5.41) is 3.79. The van der Waals surface area contributed by atoms with Gasteiger partial charge >= 0.3 is 0 Å². The van der Waals surface area contributed by atoms with Crippen molar-refractivity contribution in [1.82, 2.24) is 5.32 Å². The smallest absolute Gasteiger partial charge is 0.0477 e. The van der Waals surface area contributed by atoms with Crippen LogP contribution in [0.3, 0.4) is 0 Å². The zero-order valence-electron chi connectivity index (χ0n) is 12.4. The molecule has 0 radical (unpaired) electrons. The van der Waals surface area contributed by atoms with Crippen molar-refractivity contribution in [2.24, 2.45) is 0 Å². The van der Waals surface area contributed by atoms with Gasteiger partial charge in [-0.3, -0.25) is 4.21 Å². The molecule has 2 atom stereocenters. The van der Waals surface area contributed by atoms with E-state index in [9.17, 15) is 4.21 Å². The molecule has 1 N–H and O–H groups in total. The summed E-state index contributed by atoms with van der Waals surface area (Å²) in [4.78, 5) is 0. The van der Waals surface area contributed by atoms with Gasteiger partial charge in [-0.05, 0) is 37.4 Å². The second kappa shape index (κ2) is 7.91. The average molecular weight is 295 g/mol. The Bertz CT molecular complexity index is 444. The average Bonchev–Trinajstić information content (AvgIpc) is 2.48. The predicted molar refractivity (Wildman–Crippen MR) is 84.4 cm³/mol. The number of rotatable bonds is 6. The van der Waals surface area contributed by atoms with Crippen LogP contribution in [0.15, 0.2) is 24.3 Å². The van der Waals surface area contributed by atoms with E-state index in [2.05, 4.69) is 43.4 Å². The number of ether oxygens (including phenoxy) is 1. The quantitative estimate of drug-likeness (QED) is 0.876. The Morgan fingerprint density at radius 2 is 2.05 bits per heavy atom. The molecular formula is C16H25NO2S. The molecule has 1 aliphatic rings. The summed E-state index contributed by atoms with van der Waals surface area (Å²) in [6, 6.07) is 8.56. The van der Waals surface area contributed by atoms with E-state index in [0.29, 0.717) is 11.0 Å². The molecule has 2 unspecified atom stereocenters. The van der Waals surface area contributed by atoms with Crippen LogP contribution in [-0.4, -0.2) is 35.0 Å². The number of benzene rings is 1. The zero-order valence-corrected chi connectivity index (χ0v) is 13.2. The molecule has 0 amide bonds. The molecule has 0 aliphatic carbocycles. The van der Waals surface area contributed by atoms with Crippen LogP contribution < -0.4 is 5.32 Å². The fourth-order valence-corrected chi connectivity index (χ4v) is 4.34. The molecule has 0 spiro atoms. The second-order valence-corrected chi connectivity index (χ2v) is 7.09. The highest BCUT2D eigenvalue weighted by Gasteiger charge is 2.24. The van der Waals surface area contributed by atoms with Crippen LogP contribution in [0.4, 0.5) is 0 Å². The minimum atomic E-state index is -0.789. The third-order valence-corrected chi connectivity index (χ3v) is 5.76. The molecule has 1 aromatic rings. The van der Waals surface area contributed by atoms with Crippen LogP contribution >= 0.6 is 0 Å². The third kappa shape index (κ3) is 4.14. The Labute approximate surface area is 124 Å². The first-order valence-corrected chi connectivity index (χ1v) is 8.84. The summed E-state index contributed by atoms with van der Waals surface area (Å²) in [7, 11) is -0.789. The van der Waals surface area contributed by atoms with E-state index in [4.69, 9.17) is 4.74 Å². The Balaban J connectivity index is 2.05. The molecule has 1 aliphatic heterocycles. The zero-order chi connectivity index (χ0) is 14.4. The Morgan fingerprint density at radius 3 is 2.70 bits per heavy atom. The maximum absolute atomic E-state index is 12.6. The molecule has 1 heterocycles. The van der Waals surface area contributed by atoms with Crippen molar-refractivity contribution in [3.05, 3.63) is 35.4 Å². The standard InChI is InChI=1S/C16H25NO2S/c1-3-17-16(15-7-5-4-6-13(15)2)12-20(18)14-8-10-19-11-9-14/h4-7,14,16-17H,3,8-12H2,1-2H3. The van der Waals surface area contributed by atoms with Crippen molar-refractivity contribution in [2.45, 2.75) is 38.0 Å². The van der Waals surface area contributed by atoms with Gasteiger partial charge in [0.1, 0.15) is 0 Å². The summed E-state index contributed by atoms with van der Waals surface area (Å²) in [6.07, 6.45) is 1.86. The van der Waals surface area contributed by atoms with Gasteiger partial charge < -0.3 is 10.1 Å². The van der Waals surface area contributed by atoms with Gasteiger partial charge in [0.2, 0.25) is 0 Å². The van der Waals surface area contributed by atoms with Crippen LogP contribution in [-0.2, 0) is 15.5 Å². The molecule has 0 aromatic heterocycles. The van der Waals surface area contributed by atoms with E-state index in [1.165, 1.54) is 11.1 Å². The molecule has 3 nitrogen and oxygen atoms in total. The van der Waals surface area contributed by atoms with E-state index in [1.807, 2.05) is 0 Å². The molecule has 0 saturated carbocycles. The number of nitrogens with one attached hydrogen (secondary N) is 1. The van der Waals surface area contributed by atoms with Gasteiger partial charge in [0, 0.05) is 41.1 Å². The van der Waals surface area contributed by atoms with Crippen molar-refractivity contribution in [3.8, 4) is 0 Å². The monoisotopic (exact) mass is 295 g/mol. The van der Waals surface area contributed by atoms with Gasteiger partial charge in [-0.1, -0.05) is 31.2 Å². The summed E-state index contributed by atoms with van der Waals surface area (Å²) in [6.45, 7) is 6.63. The Hall–Kier alpha value is -0.710. The van der Waals surface area contributed by atoms with Crippen LogP contribution in [0.25, 0.3) is 0 Å². The highest BCUT2D eigenvalue weighted by Crippen LogP contribution is 2.22. The minimum absolute atomic E-state index is 0.185. The first-order valence-electron chi connectivity index (χ1n) is 7.46. The fourth-order valence-electron chi connectivity index (χ4n) is 2.72. The van der Waals surface area contributed by atoms with Crippen molar-refractivity contribution in [1.29, 1.82) is 0 Å². The first-order chi connectivity index (χ1) is 9.72. The Kier molecular flexibility index (Phi) is 6.20. The SMILES string of the molecule is CCNC(CS(=O)C1CCOCC1)c1ccccc1C. The summed E-state index contributed by atoms with van der Waals surface area (Å²) in [5.74, 6) is 0.698. The van der Waals surface area contributed by atoms with Gasteiger partial charge in [-0.2, -0.15) is 0 Å². The maximum Gasteiger partial charge on any atom is 0.0477 e. The van der Waals surface area contributed by atoms with Crippen molar-refractivity contribution < 1.29 is 8.95 Å². The number of hydrogen-bond donors (Lipinski definition) is 1. The fraction of sp³-hybridized carbons (Fsp3) is 0.625. The van der Waals surface area contributed by atoms with Crippen molar-refractivity contribution >= 4 is 10.8 Å². The van der Waals surface area contributed by atoms with Gasteiger partial charge in [0.15, 0.2) is 0 Å². The molecule has 0 bridgehead atoms. The highest BCUT2D eigenvalue weighted by molar-refractivity contribution is 7.85. The maximum atomic E-state index is 12.6. The summed E-state index contributed by atoms with van der Waals surface area (Å²) >= 11 is 0. The minimum Gasteiger partial charge on any atom is -0.381 e. The second-order valence-electron chi connectivity index (χ2n) is 5.33. The van der Waals surface area contributed by atoms with E-state index < -0.39 is 10.8 Å². The lowest BCUT2D eigenvalue weighted by Gasteiger charge is -2.25. The van der Waals surface area contributed by atoms with Crippen molar-refractivity contribution in [3.63, 3.8) is 0 Å². The van der Waals surface area contributed by atoms with Gasteiger partial charge in [-0.25, -0.2) is 0 Å². The largest absolute Gasteiger partial charge is 0.381 e. The molecule has 1 aromatic carbocycles. The van der Waals surface area contributed by atoms with Crippen LogP contribution in [0.1, 0.15) is 36.9 Å². The van der Waals surface area contributed by atoms with Gasteiger partial charge in [0.05, 0.1) is 0 Å². The third-order valence-electron chi connectivity index (χ3n) is 3.89. The number of hydrogen-bond acceptors (Lipinski definition) is 3. The molecule has 4 heteroatoms. The van der Waals surface area contributed by atoms with Crippen LogP contribution in [0.2, 0.25) is 0 Å². The number of aryl methyl sites for hydroxylation is 1. The first kappa shape index (κ1) is 15.7. The normalized spacial score (nSPS) is 19.7. The molecule has 112 valence electrons. The lowest BCUT2D eigenvalue weighted by Crippen LogP contribution is -2.32. The van der Waals surface area contributed by atoms with Gasteiger partial charge in [0.25, 0.3) is 0 Å². The van der Waals surface area contributed by atoms with E-state index >= 15 is 0 Å². The summed E-state index contributed by atoms with van der Waals surface area (Å²) in [5.41, 5.74) is 2.54. The molecule has 20 heavy (non-hydrogen) atoms. The van der Waals surface area contributed by atoms with Gasteiger partial charge in [-0.15, -0.1) is 0 Å². The lowest BCUT2D eigenvalue weighted by molar-refractivity contribution is 0.0992. The van der Waals surface area contributed by atoms with E-state index in [-0.39, 0.29) is 6.04 Å². The van der Waals surface area contributed by atoms with E-state index in [1.54, 1.807) is 0 Å². The molecule has 2 rings (SSSR count). The van der Waals surface area contributed by atoms with Crippen LogP contribution in [0.5, 0.6) is 0 Å². The predicted octanol–water partition coefficient (Wildman–Crippen LogP) is 2.57. The molecular weight excluding hydrogens is 270 g/mol. The topological polar surface area (TPSA) is 38.3 Å². The highest BCUT2D eigenvalue weighted by atomic mass is 32.2. The van der Waals surface area contributed by atoms with Crippen molar-refractivity contribution in [2.75, 3.05) is 25.5 Å². The lowest BCUT2D eigenvalue weighted by atomic mass is 10.0. The van der Waals surface area contributed by atoms with Crippen LogP contribution in [0, 0.1) is 6.92 Å². The molecule has 1 fully saturated rings. The van der Waals surface area contributed by atoms with E-state index in [0.717, 1.165) is 32.6 Å². The Morgan fingerprint density at radius 1 is 1.35 bits per heavy atom.